The summed E-state index contributed by atoms with van der Waals surface area (Å²) in [6.45, 7) is 3.35. The molecule has 12 heteroatoms. The molecule has 11 nitrogen and oxygen atoms in total. The molecule has 0 saturated heterocycles. The number of rotatable bonds is 30. The molecule has 280 valence electrons. The third-order valence-electron chi connectivity index (χ3n) is 8.94. The van der Waals surface area contributed by atoms with Crippen LogP contribution in [0.1, 0.15) is 155 Å². The molecule has 0 heterocycles. The molecule has 0 unspecified atom stereocenters. The van der Waals surface area contributed by atoms with Crippen molar-refractivity contribution in [1.82, 2.24) is 0 Å². The average molecular weight is 705 g/mol. The van der Waals surface area contributed by atoms with Gasteiger partial charge in [-0.1, -0.05) is 122 Å². The Bertz CT molecular complexity index is 950. The third-order valence-corrected chi connectivity index (χ3v) is 9.43. The topological polar surface area (TPSA) is 177 Å². The fourth-order valence-corrected chi connectivity index (χ4v) is 6.46. The van der Waals surface area contributed by atoms with Crippen LogP contribution in [-0.4, -0.2) is 69.2 Å². The zero-order chi connectivity index (χ0) is 35.6. The summed E-state index contributed by atoms with van der Waals surface area (Å²) >= 11 is 0. The molecule has 4 N–H and O–H groups in total. The van der Waals surface area contributed by atoms with Gasteiger partial charge in [0.05, 0.1) is 18.8 Å². The van der Waals surface area contributed by atoms with Crippen LogP contribution < -0.4 is 0 Å². The molecule has 0 radical (unpaired) electrons. The van der Waals surface area contributed by atoms with E-state index in [4.69, 9.17) is 19.3 Å². The van der Waals surface area contributed by atoms with Gasteiger partial charge in [-0.15, -0.1) is 0 Å². The van der Waals surface area contributed by atoms with Gasteiger partial charge < -0.3 is 29.5 Å². The second-order valence-corrected chi connectivity index (χ2v) is 14.6. The first-order valence-corrected chi connectivity index (χ1v) is 20.1. The summed E-state index contributed by atoms with van der Waals surface area (Å²) in [5, 5.41) is 20.6. The Kier molecular flexibility index (Phi) is 25.1. The lowest BCUT2D eigenvalue weighted by molar-refractivity contribution is -0.161. The van der Waals surface area contributed by atoms with E-state index in [0.29, 0.717) is 25.7 Å². The maximum Gasteiger partial charge on any atom is 0.469 e. The summed E-state index contributed by atoms with van der Waals surface area (Å²) < 4.78 is 26.2. The molecule has 1 saturated carbocycles. The van der Waals surface area contributed by atoms with E-state index >= 15 is 0 Å². The maximum absolute atomic E-state index is 12.4. The van der Waals surface area contributed by atoms with Crippen molar-refractivity contribution in [3.63, 3.8) is 0 Å². The highest BCUT2D eigenvalue weighted by molar-refractivity contribution is 7.46. The van der Waals surface area contributed by atoms with Crippen molar-refractivity contribution in [3.8, 4) is 0 Å². The summed E-state index contributed by atoms with van der Waals surface area (Å²) in [6, 6.07) is 0. The van der Waals surface area contributed by atoms with Crippen molar-refractivity contribution in [1.29, 1.82) is 0 Å². The maximum atomic E-state index is 12.4. The van der Waals surface area contributed by atoms with Gasteiger partial charge in [-0.3, -0.25) is 18.9 Å². The highest BCUT2D eigenvalue weighted by Crippen LogP contribution is 2.36. The number of Topliss-reactive ketones (excluding diaryl/α,β-unsaturated/α-hetero) is 1. The SMILES string of the molecule is CCCCCCCCCCCCC(=O)O[C@H](COC(=O)CCCCCC[C@H]1[C@@H](O)CC(=O)[C@@H]1/C=C/[C@@H](O)CCCCC)COP(=O)(O)O. The number of ether oxygens (including phenoxy) is 2. The van der Waals surface area contributed by atoms with E-state index in [1.54, 1.807) is 12.2 Å². The number of unbranched alkanes of at least 4 members (excludes halogenated alkanes) is 14. The van der Waals surface area contributed by atoms with Crippen LogP contribution in [0.25, 0.3) is 0 Å². The van der Waals surface area contributed by atoms with Crippen molar-refractivity contribution in [2.75, 3.05) is 13.2 Å². The number of carbonyl (C=O) groups excluding carboxylic acids is 3. The third kappa shape index (κ3) is 22.9. The van der Waals surface area contributed by atoms with Gasteiger partial charge in [-0.2, -0.15) is 0 Å². The molecular weight excluding hydrogens is 639 g/mol. The molecular formula is C36H65O11P. The van der Waals surface area contributed by atoms with E-state index < -0.39 is 44.7 Å². The van der Waals surface area contributed by atoms with Crippen LogP contribution in [0.3, 0.4) is 0 Å². The number of hydrogen-bond acceptors (Lipinski definition) is 9. The van der Waals surface area contributed by atoms with Gasteiger partial charge >= 0.3 is 19.8 Å². The first-order chi connectivity index (χ1) is 23.0. The fraction of sp³-hybridized carbons (Fsp3) is 0.861. The van der Waals surface area contributed by atoms with Gasteiger partial charge in [0.15, 0.2) is 6.10 Å². The molecule has 0 spiro atoms. The lowest BCUT2D eigenvalue weighted by Gasteiger charge is -2.19. The van der Waals surface area contributed by atoms with E-state index in [9.17, 15) is 29.2 Å². The number of carbonyl (C=O) groups is 3. The lowest BCUT2D eigenvalue weighted by atomic mass is 9.88. The molecule has 1 aliphatic carbocycles. The summed E-state index contributed by atoms with van der Waals surface area (Å²) in [5.74, 6) is -1.61. The first kappa shape index (κ1) is 44.4. The Labute approximate surface area is 288 Å². The fourth-order valence-electron chi connectivity index (χ4n) is 6.10. The largest absolute Gasteiger partial charge is 0.469 e. The minimum absolute atomic E-state index is 0.00114. The number of esters is 2. The van der Waals surface area contributed by atoms with Crippen LogP contribution in [-0.2, 0) is 32.9 Å². The zero-order valence-corrected chi connectivity index (χ0v) is 30.5. The Hall–Kier alpha value is -1.62. The Morgan fingerprint density at radius 3 is 1.96 bits per heavy atom. The predicted molar refractivity (Wildman–Crippen MR) is 185 cm³/mol. The van der Waals surface area contributed by atoms with Crippen LogP contribution in [0.4, 0.5) is 0 Å². The number of ketones is 1. The first-order valence-electron chi connectivity index (χ1n) is 18.6. The Morgan fingerprint density at radius 1 is 0.812 bits per heavy atom. The quantitative estimate of drug-likeness (QED) is 0.0256. The molecule has 0 aromatic carbocycles. The van der Waals surface area contributed by atoms with Gasteiger partial charge in [-0.05, 0) is 31.6 Å². The Balaban J connectivity index is 2.32. The van der Waals surface area contributed by atoms with E-state index in [0.717, 1.165) is 57.8 Å². The van der Waals surface area contributed by atoms with Crippen molar-refractivity contribution < 1.29 is 52.9 Å². The van der Waals surface area contributed by atoms with E-state index in [1.807, 2.05) is 0 Å². The highest BCUT2D eigenvalue weighted by Gasteiger charge is 2.39. The summed E-state index contributed by atoms with van der Waals surface area (Å²) in [6.07, 6.45) is 20.0. The molecule has 1 rings (SSSR count). The number of phosphoric acid groups is 1. The standard InChI is InChI=1S/C36H65O11P/c1-3-5-7-8-9-10-11-12-13-19-23-36(41)47-30(28-46-48(42,43)44)27-45-35(40)22-18-15-14-17-21-31-32(34(39)26-33(31)38)25-24-29(37)20-16-6-4-2/h24-25,29-33,37-38H,3-23,26-28H2,1-2H3,(H2,42,43,44)/b25-24+/t29-,30+,31+,32+,33-/m0/s1. The second-order valence-electron chi connectivity index (χ2n) is 13.3. The molecule has 1 aliphatic rings. The molecule has 0 bridgehead atoms. The molecule has 0 aromatic rings. The number of aliphatic hydroxyl groups excluding tert-OH is 2. The highest BCUT2D eigenvalue weighted by atomic mass is 31.2. The number of allylic oxidation sites excluding steroid dienone is 1. The minimum Gasteiger partial charge on any atom is -0.462 e. The van der Waals surface area contributed by atoms with Crippen molar-refractivity contribution in [2.24, 2.45) is 11.8 Å². The van der Waals surface area contributed by atoms with Crippen LogP contribution in [0, 0.1) is 11.8 Å². The second kappa shape index (κ2) is 27.1. The Morgan fingerprint density at radius 2 is 1.35 bits per heavy atom. The smallest absolute Gasteiger partial charge is 0.462 e. The van der Waals surface area contributed by atoms with Crippen LogP contribution in [0.5, 0.6) is 0 Å². The van der Waals surface area contributed by atoms with Crippen molar-refractivity contribution in [3.05, 3.63) is 12.2 Å². The lowest BCUT2D eigenvalue weighted by Crippen LogP contribution is -2.29. The molecule has 48 heavy (non-hydrogen) atoms. The summed E-state index contributed by atoms with van der Waals surface area (Å²) in [7, 11) is -4.80. The van der Waals surface area contributed by atoms with Crippen LogP contribution >= 0.6 is 7.82 Å². The normalized spacial score (nSPS) is 19.5. The monoisotopic (exact) mass is 704 g/mol. The molecule has 0 aromatic heterocycles. The minimum atomic E-state index is -4.80. The van der Waals surface area contributed by atoms with Crippen molar-refractivity contribution >= 4 is 25.5 Å². The molecule has 0 amide bonds. The number of phosphoric ester groups is 1. The predicted octanol–water partition coefficient (Wildman–Crippen LogP) is 7.27. The average Bonchev–Trinajstić information content (AvgIpc) is 3.30. The van der Waals surface area contributed by atoms with Crippen LogP contribution in [0.2, 0.25) is 0 Å². The number of aliphatic hydroxyl groups is 2. The molecule has 0 aliphatic heterocycles. The van der Waals surface area contributed by atoms with E-state index in [2.05, 4.69) is 18.4 Å². The van der Waals surface area contributed by atoms with E-state index in [-0.39, 0.29) is 43.5 Å². The number of hydrogen-bond donors (Lipinski definition) is 4. The van der Waals surface area contributed by atoms with E-state index in [1.165, 1.54) is 38.5 Å². The van der Waals surface area contributed by atoms with Gasteiger partial charge in [0.2, 0.25) is 0 Å². The van der Waals surface area contributed by atoms with Gasteiger partial charge in [-0.25, -0.2) is 4.57 Å². The van der Waals surface area contributed by atoms with Crippen LogP contribution in [0.15, 0.2) is 12.2 Å². The summed E-state index contributed by atoms with van der Waals surface area (Å²) in [4.78, 5) is 55.2. The summed E-state index contributed by atoms with van der Waals surface area (Å²) in [5.41, 5.74) is 0. The van der Waals surface area contributed by atoms with Gasteiger partial charge in [0.25, 0.3) is 0 Å². The zero-order valence-electron chi connectivity index (χ0n) is 29.6. The van der Waals surface area contributed by atoms with Crippen molar-refractivity contribution in [2.45, 2.75) is 173 Å². The van der Waals surface area contributed by atoms with Gasteiger partial charge in [0.1, 0.15) is 12.4 Å². The van der Waals surface area contributed by atoms with Gasteiger partial charge in [0, 0.05) is 25.2 Å². The molecule has 5 atom stereocenters. The molecule has 1 fully saturated rings.